The molecular formula is C22H17FN2O2S. The van der Waals surface area contributed by atoms with Crippen LogP contribution in [0.25, 0.3) is 10.6 Å². The number of thiazole rings is 1. The molecule has 4 aromatic rings. The summed E-state index contributed by atoms with van der Waals surface area (Å²) in [4.78, 5) is 17.1. The van der Waals surface area contributed by atoms with Crippen molar-refractivity contribution in [1.82, 2.24) is 10.3 Å². The summed E-state index contributed by atoms with van der Waals surface area (Å²) in [6.07, 6.45) is 1.72. The first-order chi connectivity index (χ1) is 13.7. The molecule has 2 heterocycles. The van der Waals surface area contributed by atoms with E-state index >= 15 is 0 Å². The van der Waals surface area contributed by atoms with E-state index in [9.17, 15) is 9.18 Å². The number of carbonyl (C=O) groups is 1. The summed E-state index contributed by atoms with van der Waals surface area (Å²) in [6, 6.07) is 19.2. The van der Waals surface area contributed by atoms with Crippen LogP contribution < -0.4 is 5.32 Å². The van der Waals surface area contributed by atoms with Crippen molar-refractivity contribution in [2.24, 2.45) is 0 Å². The Morgan fingerprint density at radius 2 is 1.96 bits per heavy atom. The number of furan rings is 1. The van der Waals surface area contributed by atoms with Crippen molar-refractivity contribution >= 4 is 17.2 Å². The smallest absolute Gasteiger partial charge is 0.226 e. The van der Waals surface area contributed by atoms with E-state index in [0.717, 1.165) is 5.56 Å². The molecule has 1 unspecified atom stereocenters. The molecule has 2 aromatic carbocycles. The molecule has 0 spiro atoms. The normalized spacial score (nSPS) is 11.9. The highest BCUT2D eigenvalue weighted by Gasteiger charge is 2.20. The number of aromatic nitrogens is 1. The van der Waals surface area contributed by atoms with Crippen LogP contribution in [0.2, 0.25) is 0 Å². The fourth-order valence-corrected chi connectivity index (χ4v) is 3.76. The first-order valence-corrected chi connectivity index (χ1v) is 9.65. The van der Waals surface area contributed by atoms with Gasteiger partial charge in [-0.2, -0.15) is 0 Å². The molecule has 4 rings (SSSR count). The highest BCUT2D eigenvalue weighted by molar-refractivity contribution is 7.13. The monoisotopic (exact) mass is 392 g/mol. The first kappa shape index (κ1) is 18.1. The lowest BCUT2D eigenvalue weighted by molar-refractivity contribution is -0.121. The molecule has 1 N–H and O–H groups in total. The van der Waals surface area contributed by atoms with Gasteiger partial charge < -0.3 is 9.73 Å². The van der Waals surface area contributed by atoms with Crippen LogP contribution in [-0.4, -0.2) is 10.9 Å². The van der Waals surface area contributed by atoms with Crippen molar-refractivity contribution in [3.05, 3.63) is 101 Å². The molecule has 28 heavy (non-hydrogen) atoms. The quantitative estimate of drug-likeness (QED) is 0.503. The highest BCUT2D eigenvalue weighted by atomic mass is 32.1. The number of amides is 1. The second-order valence-electron chi connectivity index (χ2n) is 6.26. The highest BCUT2D eigenvalue weighted by Crippen LogP contribution is 2.25. The van der Waals surface area contributed by atoms with E-state index in [2.05, 4.69) is 10.3 Å². The third-order valence-electron chi connectivity index (χ3n) is 4.23. The Hall–Kier alpha value is -3.25. The summed E-state index contributed by atoms with van der Waals surface area (Å²) in [5, 5.41) is 5.53. The number of nitrogens with one attached hydrogen (secondary N) is 1. The second-order valence-corrected chi connectivity index (χ2v) is 7.12. The zero-order valence-corrected chi connectivity index (χ0v) is 15.7. The number of benzene rings is 2. The Labute approximate surface area is 165 Å². The molecule has 140 valence electrons. The van der Waals surface area contributed by atoms with Crippen LogP contribution in [0, 0.1) is 5.82 Å². The lowest BCUT2D eigenvalue weighted by Crippen LogP contribution is -2.30. The molecule has 0 fully saturated rings. The van der Waals surface area contributed by atoms with E-state index in [0.29, 0.717) is 22.0 Å². The lowest BCUT2D eigenvalue weighted by atomic mass is 10.0. The molecule has 0 saturated carbocycles. The molecule has 0 aliphatic heterocycles. The lowest BCUT2D eigenvalue weighted by Gasteiger charge is -2.17. The minimum Gasteiger partial charge on any atom is -0.467 e. The van der Waals surface area contributed by atoms with Gasteiger partial charge in [-0.15, -0.1) is 11.3 Å². The average molecular weight is 392 g/mol. The van der Waals surface area contributed by atoms with Gasteiger partial charge in [0.2, 0.25) is 5.91 Å². The molecule has 2 aromatic heterocycles. The molecule has 1 amide bonds. The van der Waals surface area contributed by atoms with Crippen molar-refractivity contribution in [2.75, 3.05) is 0 Å². The van der Waals surface area contributed by atoms with Crippen LogP contribution in [0.5, 0.6) is 0 Å². The summed E-state index contributed by atoms with van der Waals surface area (Å²) < 4.78 is 18.9. The Morgan fingerprint density at radius 3 is 2.71 bits per heavy atom. The number of hydrogen-bond acceptors (Lipinski definition) is 4. The van der Waals surface area contributed by atoms with Gasteiger partial charge in [0.05, 0.1) is 18.4 Å². The van der Waals surface area contributed by atoms with Gasteiger partial charge in [-0.1, -0.05) is 42.5 Å². The van der Waals surface area contributed by atoms with E-state index in [4.69, 9.17) is 4.42 Å². The van der Waals surface area contributed by atoms with Crippen LogP contribution in [0.4, 0.5) is 4.39 Å². The Morgan fingerprint density at radius 1 is 1.11 bits per heavy atom. The zero-order chi connectivity index (χ0) is 19.3. The maximum atomic E-state index is 13.4. The van der Waals surface area contributed by atoms with Gasteiger partial charge in [0.15, 0.2) is 0 Å². The molecule has 0 radical (unpaired) electrons. The number of nitrogens with zero attached hydrogens (tertiary/aromatic N) is 1. The van der Waals surface area contributed by atoms with Crippen LogP contribution in [0.1, 0.15) is 23.1 Å². The predicted octanol–water partition coefficient (Wildman–Crippen LogP) is 4.99. The molecule has 4 nitrogen and oxygen atoms in total. The van der Waals surface area contributed by atoms with E-state index < -0.39 is 0 Å². The maximum absolute atomic E-state index is 13.4. The summed E-state index contributed by atoms with van der Waals surface area (Å²) in [7, 11) is 0. The van der Waals surface area contributed by atoms with E-state index in [1.165, 1.54) is 23.5 Å². The summed E-state index contributed by atoms with van der Waals surface area (Å²) in [5.41, 5.74) is 2.28. The van der Waals surface area contributed by atoms with Crippen LogP contribution in [0.3, 0.4) is 0 Å². The fraction of sp³-hybridized carbons (Fsp3) is 0.0909. The molecule has 0 saturated heterocycles. The van der Waals surface area contributed by atoms with Crippen molar-refractivity contribution in [2.45, 2.75) is 12.5 Å². The molecule has 6 heteroatoms. The Bertz CT molecular complexity index is 1060. The van der Waals surface area contributed by atoms with Crippen molar-refractivity contribution < 1.29 is 13.6 Å². The minimum atomic E-state index is -0.370. The predicted molar refractivity (Wildman–Crippen MR) is 106 cm³/mol. The molecule has 0 aliphatic rings. The van der Waals surface area contributed by atoms with E-state index in [-0.39, 0.29) is 24.2 Å². The van der Waals surface area contributed by atoms with Crippen molar-refractivity contribution in [1.29, 1.82) is 0 Å². The Kier molecular flexibility index (Phi) is 5.30. The van der Waals surface area contributed by atoms with Gasteiger partial charge in [0.1, 0.15) is 22.6 Å². The van der Waals surface area contributed by atoms with E-state index in [1.807, 2.05) is 41.8 Å². The van der Waals surface area contributed by atoms with Gasteiger partial charge >= 0.3 is 0 Å². The number of hydrogen-bond donors (Lipinski definition) is 1. The summed E-state index contributed by atoms with van der Waals surface area (Å²) in [6.45, 7) is 0. The van der Waals surface area contributed by atoms with Gasteiger partial charge in [0.25, 0.3) is 0 Å². The topological polar surface area (TPSA) is 55.1 Å². The van der Waals surface area contributed by atoms with Gasteiger partial charge in [-0.25, -0.2) is 9.37 Å². The van der Waals surface area contributed by atoms with Gasteiger partial charge in [-0.05, 0) is 29.8 Å². The Balaban J connectivity index is 1.49. The van der Waals surface area contributed by atoms with Gasteiger partial charge in [0, 0.05) is 10.9 Å². The van der Waals surface area contributed by atoms with Crippen LogP contribution in [0.15, 0.2) is 82.8 Å². The van der Waals surface area contributed by atoms with Crippen molar-refractivity contribution in [3.8, 4) is 10.6 Å². The number of rotatable bonds is 6. The van der Waals surface area contributed by atoms with Crippen molar-refractivity contribution in [3.63, 3.8) is 0 Å². The van der Waals surface area contributed by atoms with E-state index in [1.54, 1.807) is 24.5 Å². The molecule has 0 bridgehead atoms. The average Bonchev–Trinajstić information content (AvgIpc) is 3.39. The summed E-state index contributed by atoms with van der Waals surface area (Å²) >= 11 is 1.39. The number of carbonyl (C=O) groups excluding carboxylic acids is 1. The van der Waals surface area contributed by atoms with Crippen LogP contribution >= 0.6 is 11.3 Å². The molecular weight excluding hydrogens is 375 g/mol. The molecule has 0 aliphatic carbocycles. The van der Waals surface area contributed by atoms with Gasteiger partial charge in [-0.3, -0.25) is 4.79 Å². The summed E-state index contributed by atoms with van der Waals surface area (Å²) in [5.74, 6) is 0.191. The maximum Gasteiger partial charge on any atom is 0.226 e. The SMILES string of the molecule is O=C(Cc1csc(-c2cccc(F)c2)n1)NC(c1ccccc1)c1ccco1. The third kappa shape index (κ3) is 4.18. The zero-order valence-electron chi connectivity index (χ0n) is 14.8. The standard InChI is InChI=1S/C22H17FN2O2S/c23-17-9-4-8-16(12-17)22-24-18(14-28-22)13-20(26)25-21(19-10-5-11-27-19)15-6-2-1-3-7-15/h1-12,14,21H,13H2,(H,25,26). The third-order valence-corrected chi connectivity index (χ3v) is 5.17. The first-order valence-electron chi connectivity index (χ1n) is 8.77. The molecule has 1 atom stereocenters. The fourth-order valence-electron chi connectivity index (χ4n) is 2.94. The minimum absolute atomic E-state index is 0.135. The van der Waals surface area contributed by atoms with Crippen LogP contribution in [-0.2, 0) is 11.2 Å². The largest absolute Gasteiger partial charge is 0.467 e. The second kappa shape index (κ2) is 8.19. The number of halogens is 1.